The minimum absolute atomic E-state index is 0. The standard InChI is InChI=1S/C22H25FN6.HI/c1-2-24-22(26-12-10-21-28-18-5-3-4-6-19(18)29-21)25-11-9-15-14-27-20-13-16(23)7-8-17(15)20;/h3-8,13-14,27H,2,9-12H2,1H3,(H,28,29)(H2,24,25,26);1H. The average molecular weight is 520 g/mol. The van der Waals surface area contributed by atoms with Crippen LogP contribution in [0.25, 0.3) is 21.9 Å². The average Bonchev–Trinajstić information content (AvgIpc) is 3.31. The summed E-state index contributed by atoms with van der Waals surface area (Å²) < 4.78 is 13.3. The first-order valence-corrected chi connectivity index (χ1v) is 9.94. The summed E-state index contributed by atoms with van der Waals surface area (Å²) in [5, 5.41) is 7.69. The minimum atomic E-state index is -0.227. The summed E-state index contributed by atoms with van der Waals surface area (Å²) in [5.41, 5.74) is 4.02. The first-order valence-electron chi connectivity index (χ1n) is 9.94. The van der Waals surface area contributed by atoms with E-state index in [-0.39, 0.29) is 29.8 Å². The number of nitrogens with one attached hydrogen (secondary N) is 4. The fourth-order valence-corrected chi connectivity index (χ4v) is 3.42. The van der Waals surface area contributed by atoms with Crippen molar-refractivity contribution in [2.24, 2.45) is 4.99 Å². The molecule has 0 bridgehead atoms. The van der Waals surface area contributed by atoms with E-state index in [0.29, 0.717) is 6.54 Å². The topological polar surface area (TPSA) is 80.9 Å². The molecule has 4 N–H and O–H groups in total. The molecule has 8 heteroatoms. The highest BCUT2D eigenvalue weighted by molar-refractivity contribution is 14.0. The van der Waals surface area contributed by atoms with Crippen LogP contribution in [0.3, 0.4) is 0 Å². The number of benzene rings is 2. The van der Waals surface area contributed by atoms with Gasteiger partial charge in [0.2, 0.25) is 0 Å². The third-order valence-electron chi connectivity index (χ3n) is 4.82. The Labute approximate surface area is 191 Å². The van der Waals surface area contributed by atoms with Crippen LogP contribution in [0, 0.1) is 5.82 Å². The highest BCUT2D eigenvalue weighted by atomic mass is 127. The highest BCUT2D eigenvalue weighted by Crippen LogP contribution is 2.19. The number of halogens is 2. The molecule has 0 saturated carbocycles. The Morgan fingerprint density at radius 3 is 2.80 bits per heavy atom. The van der Waals surface area contributed by atoms with Crippen molar-refractivity contribution < 1.29 is 4.39 Å². The Hall–Kier alpha value is -2.62. The number of imidazole rings is 1. The molecule has 0 amide bonds. The zero-order valence-electron chi connectivity index (χ0n) is 16.8. The third-order valence-corrected chi connectivity index (χ3v) is 4.82. The van der Waals surface area contributed by atoms with Crippen molar-refractivity contribution in [1.82, 2.24) is 25.6 Å². The fraction of sp³-hybridized carbons (Fsp3) is 0.273. The van der Waals surface area contributed by atoms with Gasteiger partial charge in [-0.1, -0.05) is 12.1 Å². The number of hydrogen-bond donors (Lipinski definition) is 4. The van der Waals surface area contributed by atoms with Crippen LogP contribution in [0.5, 0.6) is 0 Å². The number of H-pyrrole nitrogens is 2. The lowest BCUT2D eigenvalue weighted by Gasteiger charge is -2.11. The van der Waals surface area contributed by atoms with Gasteiger partial charge < -0.3 is 20.6 Å². The summed E-state index contributed by atoms with van der Waals surface area (Å²) in [6.45, 7) is 4.22. The van der Waals surface area contributed by atoms with Crippen LogP contribution < -0.4 is 10.6 Å². The molecule has 2 aromatic heterocycles. The maximum atomic E-state index is 13.3. The second-order valence-corrected chi connectivity index (χ2v) is 6.89. The van der Waals surface area contributed by atoms with E-state index in [2.05, 4.69) is 30.6 Å². The number of aliphatic imine (C=N–C) groups is 1. The van der Waals surface area contributed by atoms with Gasteiger partial charge in [-0.25, -0.2) is 9.37 Å². The van der Waals surface area contributed by atoms with Crippen LogP contribution in [0.1, 0.15) is 18.3 Å². The molecule has 0 aliphatic rings. The SMILES string of the molecule is CCNC(=NCCc1nc2ccccc2[nH]1)NCCc1c[nH]c2cc(F)ccc12.I. The van der Waals surface area contributed by atoms with E-state index >= 15 is 0 Å². The quantitative estimate of drug-likeness (QED) is 0.168. The molecule has 0 saturated heterocycles. The van der Waals surface area contributed by atoms with E-state index in [9.17, 15) is 4.39 Å². The van der Waals surface area contributed by atoms with Crippen LogP contribution in [-0.2, 0) is 12.8 Å². The Bertz CT molecular complexity index is 1100. The van der Waals surface area contributed by atoms with Gasteiger partial charge in [0.15, 0.2) is 5.96 Å². The Morgan fingerprint density at radius 1 is 1.10 bits per heavy atom. The molecule has 4 aromatic rings. The molecule has 0 aliphatic heterocycles. The van der Waals surface area contributed by atoms with Crippen LogP contribution >= 0.6 is 24.0 Å². The van der Waals surface area contributed by atoms with Crippen molar-refractivity contribution in [3.05, 3.63) is 65.9 Å². The molecule has 0 radical (unpaired) electrons. The van der Waals surface area contributed by atoms with Crippen LogP contribution in [-0.4, -0.2) is 40.5 Å². The normalized spacial score (nSPS) is 11.6. The van der Waals surface area contributed by atoms with E-state index < -0.39 is 0 Å². The Kier molecular flexibility index (Phi) is 7.67. The molecule has 0 unspecified atom stereocenters. The van der Waals surface area contributed by atoms with Gasteiger partial charge >= 0.3 is 0 Å². The molecule has 30 heavy (non-hydrogen) atoms. The molecule has 0 atom stereocenters. The van der Waals surface area contributed by atoms with Crippen molar-refractivity contribution in [3.63, 3.8) is 0 Å². The smallest absolute Gasteiger partial charge is 0.191 e. The van der Waals surface area contributed by atoms with Gasteiger partial charge in [-0.05, 0) is 49.2 Å². The number of aromatic nitrogens is 3. The first kappa shape index (κ1) is 22.1. The van der Waals surface area contributed by atoms with Gasteiger partial charge in [0.25, 0.3) is 0 Å². The summed E-state index contributed by atoms with van der Waals surface area (Å²) in [6.07, 6.45) is 3.51. The van der Waals surface area contributed by atoms with Gasteiger partial charge in [-0.2, -0.15) is 0 Å². The second-order valence-electron chi connectivity index (χ2n) is 6.89. The highest BCUT2D eigenvalue weighted by Gasteiger charge is 2.06. The Morgan fingerprint density at radius 2 is 1.97 bits per heavy atom. The number of para-hydroxylation sites is 2. The molecule has 0 aliphatic carbocycles. The summed E-state index contributed by atoms with van der Waals surface area (Å²) in [4.78, 5) is 15.7. The maximum Gasteiger partial charge on any atom is 0.191 e. The van der Waals surface area contributed by atoms with Crippen LogP contribution in [0.2, 0.25) is 0 Å². The molecular weight excluding hydrogens is 494 g/mol. The maximum absolute atomic E-state index is 13.3. The van der Waals surface area contributed by atoms with Crippen LogP contribution in [0.15, 0.2) is 53.7 Å². The van der Waals surface area contributed by atoms with Crippen molar-refractivity contribution in [2.45, 2.75) is 19.8 Å². The number of guanidine groups is 1. The lowest BCUT2D eigenvalue weighted by molar-refractivity contribution is 0.629. The molecule has 2 heterocycles. The first-order chi connectivity index (χ1) is 14.2. The molecule has 4 rings (SSSR count). The molecule has 6 nitrogen and oxygen atoms in total. The van der Waals surface area contributed by atoms with Crippen molar-refractivity contribution in [3.8, 4) is 0 Å². The van der Waals surface area contributed by atoms with Crippen molar-refractivity contribution in [2.75, 3.05) is 19.6 Å². The van der Waals surface area contributed by atoms with Gasteiger partial charge in [0, 0.05) is 43.2 Å². The van der Waals surface area contributed by atoms with E-state index in [0.717, 1.165) is 65.2 Å². The second kappa shape index (κ2) is 10.4. The zero-order chi connectivity index (χ0) is 20.1. The third kappa shape index (κ3) is 5.29. The van der Waals surface area contributed by atoms with Gasteiger partial charge in [-0.3, -0.25) is 4.99 Å². The summed E-state index contributed by atoms with van der Waals surface area (Å²) in [6, 6.07) is 12.9. The molecule has 0 fully saturated rings. The lowest BCUT2D eigenvalue weighted by atomic mass is 10.1. The van der Waals surface area contributed by atoms with E-state index in [1.807, 2.05) is 43.5 Å². The fourth-order valence-electron chi connectivity index (χ4n) is 3.42. The molecule has 158 valence electrons. The number of hydrogen-bond acceptors (Lipinski definition) is 2. The lowest BCUT2D eigenvalue weighted by Crippen LogP contribution is -2.38. The monoisotopic (exact) mass is 520 g/mol. The molecule has 0 spiro atoms. The van der Waals surface area contributed by atoms with Gasteiger partial charge in [0.1, 0.15) is 11.6 Å². The summed E-state index contributed by atoms with van der Waals surface area (Å²) >= 11 is 0. The zero-order valence-corrected chi connectivity index (χ0v) is 19.2. The van der Waals surface area contributed by atoms with Crippen LogP contribution in [0.4, 0.5) is 4.39 Å². The number of fused-ring (bicyclic) bond motifs is 2. The minimum Gasteiger partial charge on any atom is -0.361 e. The van der Waals surface area contributed by atoms with Gasteiger partial charge in [-0.15, -0.1) is 24.0 Å². The van der Waals surface area contributed by atoms with Crippen molar-refractivity contribution in [1.29, 1.82) is 0 Å². The summed E-state index contributed by atoms with van der Waals surface area (Å²) in [5.74, 6) is 1.50. The van der Waals surface area contributed by atoms with Gasteiger partial charge in [0.05, 0.1) is 11.0 Å². The number of rotatable bonds is 7. The number of nitrogens with zero attached hydrogens (tertiary/aromatic N) is 2. The largest absolute Gasteiger partial charge is 0.361 e. The molecule has 2 aromatic carbocycles. The van der Waals surface area contributed by atoms with E-state index in [4.69, 9.17) is 0 Å². The Balaban J connectivity index is 0.00000256. The van der Waals surface area contributed by atoms with E-state index in [1.54, 1.807) is 0 Å². The molecular formula is C22H26FIN6. The summed E-state index contributed by atoms with van der Waals surface area (Å²) in [7, 11) is 0. The predicted octanol–water partition coefficient (Wildman–Crippen LogP) is 4.14. The predicted molar refractivity (Wildman–Crippen MR) is 131 cm³/mol. The number of aromatic amines is 2. The van der Waals surface area contributed by atoms with Crippen molar-refractivity contribution >= 4 is 51.9 Å². The van der Waals surface area contributed by atoms with E-state index in [1.165, 1.54) is 12.1 Å².